The lowest BCUT2D eigenvalue weighted by atomic mass is 9.68. The van der Waals surface area contributed by atoms with Gasteiger partial charge in [-0.3, -0.25) is 4.79 Å². The van der Waals surface area contributed by atoms with Crippen LogP contribution in [0.3, 0.4) is 0 Å². The Kier molecular flexibility index (Phi) is 2.79. The smallest absolute Gasteiger partial charge is 0.427 e. The normalized spacial score (nSPS) is 19.6. The molecule has 1 amide bonds. The van der Waals surface area contributed by atoms with Crippen LogP contribution < -0.4 is 0 Å². The maximum Gasteiger partial charge on any atom is 0.474 e. The third-order valence-electron chi connectivity index (χ3n) is 2.67. The van der Waals surface area contributed by atoms with Gasteiger partial charge in [0.25, 0.3) is 0 Å². The predicted molar refractivity (Wildman–Crippen MR) is 63.5 cm³/mol. The van der Waals surface area contributed by atoms with Crippen molar-refractivity contribution in [1.82, 2.24) is 4.92 Å². The Morgan fingerprint density at radius 1 is 1.62 bits per heavy atom. The number of allylic oxidation sites excluding steroid dienone is 6. The van der Waals surface area contributed by atoms with E-state index in [-0.39, 0.29) is 5.91 Å². The summed E-state index contributed by atoms with van der Waals surface area (Å²) >= 11 is 0. The van der Waals surface area contributed by atoms with Crippen molar-refractivity contribution in [2.45, 2.75) is 20.3 Å². The molecule has 0 saturated carbocycles. The molecule has 1 heterocycles. The van der Waals surface area contributed by atoms with E-state index in [9.17, 15) is 9.82 Å². The Bertz CT molecular complexity index is 449. The number of carbonyl (C=O) groups excluding carboxylic acids is 1. The molecule has 0 fully saturated rings. The highest BCUT2D eigenvalue weighted by Gasteiger charge is 2.32. The first-order valence-electron chi connectivity index (χ1n) is 5.18. The van der Waals surface area contributed by atoms with Gasteiger partial charge >= 0.3 is 7.05 Å². The fourth-order valence-electron chi connectivity index (χ4n) is 1.84. The summed E-state index contributed by atoms with van der Waals surface area (Å²) in [7, 11) is -0.965. The van der Waals surface area contributed by atoms with E-state index in [0.717, 1.165) is 22.4 Å². The maximum absolute atomic E-state index is 11.2. The molecule has 0 bridgehead atoms. The van der Waals surface area contributed by atoms with Crippen molar-refractivity contribution in [1.29, 1.82) is 0 Å². The summed E-state index contributed by atoms with van der Waals surface area (Å²) in [5.74, 6) is -0.266. The van der Waals surface area contributed by atoms with Gasteiger partial charge in [-0.2, -0.15) is 5.10 Å². The minimum Gasteiger partial charge on any atom is -0.427 e. The van der Waals surface area contributed by atoms with Crippen LogP contribution >= 0.6 is 0 Å². The van der Waals surface area contributed by atoms with Gasteiger partial charge in [0.2, 0.25) is 5.91 Å². The van der Waals surface area contributed by atoms with E-state index in [1.807, 2.05) is 25.2 Å². The topological polar surface area (TPSA) is 52.9 Å². The van der Waals surface area contributed by atoms with Crippen LogP contribution in [0, 0.1) is 0 Å². The summed E-state index contributed by atoms with van der Waals surface area (Å²) in [4.78, 5) is 12.3. The first-order chi connectivity index (χ1) is 7.59. The predicted octanol–water partition coefficient (Wildman–Crippen LogP) is 1.06. The van der Waals surface area contributed by atoms with Crippen LogP contribution in [0.25, 0.3) is 0 Å². The Labute approximate surface area is 94.8 Å². The summed E-state index contributed by atoms with van der Waals surface area (Å²) in [6.07, 6.45) is 8.12. The van der Waals surface area contributed by atoms with Gasteiger partial charge in [-0.1, -0.05) is 23.8 Å². The van der Waals surface area contributed by atoms with Gasteiger partial charge in [0.15, 0.2) is 0 Å². The molecule has 2 rings (SSSR count). The fraction of sp³-hybridized carbons (Fsp3) is 0.273. The van der Waals surface area contributed by atoms with Gasteiger partial charge < -0.3 is 5.02 Å². The summed E-state index contributed by atoms with van der Waals surface area (Å²) in [6, 6.07) is 0. The number of carbonyl (C=O) groups is 1. The van der Waals surface area contributed by atoms with Crippen LogP contribution in [-0.4, -0.2) is 29.1 Å². The van der Waals surface area contributed by atoms with Gasteiger partial charge in [0, 0.05) is 13.1 Å². The quantitative estimate of drug-likeness (QED) is 0.615. The largest absolute Gasteiger partial charge is 0.474 e. The molecular weight excluding hydrogens is 203 g/mol. The Morgan fingerprint density at radius 3 is 3.06 bits per heavy atom. The van der Waals surface area contributed by atoms with E-state index < -0.39 is 7.05 Å². The third-order valence-corrected chi connectivity index (χ3v) is 2.67. The Hall–Kier alpha value is -1.62. The number of nitrogens with zero attached hydrogens (tertiary/aromatic N) is 2. The van der Waals surface area contributed by atoms with Crippen LogP contribution in [-0.2, 0) is 4.79 Å². The highest BCUT2D eigenvalue weighted by Crippen LogP contribution is 2.23. The van der Waals surface area contributed by atoms with Crippen molar-refractivity contribution in [3.8, 4) is 0 Å². The molecular formula is C11H13BN2O2. The Balaban J connectivity index is 2.36. The van der Waals surface area contributed by atoms with Crippen LogP contribution in [0.2, 0.25) is 0 Å². The SMILES string of the molecule is CC(=O)N1N=CC2=C(C=CC=C(C)C2)B1O. The lowest BCUT2D eigenvalue weighted by Crippen LogP contribution is -2.43. The summed E-state index contributed by atoms with van der Waals surface area (Å²) in [5.41, 5.74) is 2.92. The average molecular weight is 216 g/mol. The molecule has 0 unspecified atom stereocenters. The second kappa shape index (κ2) is 4.10. The number of hydrogen-bond donors (Lipinski definition) is 1. The number of hydrazone groups is 1. The minimum atomic E-state index is -0.965. The van der Waals surface area contributed by atoms with Gasteiger partial charge in [0.05, 0.1) is 0 Å². The van der Waals surface area contributed by atoms with E-state index in [1.54, 1.807) is 6.21 Å². The standard InChI is InChI=1S/C11H13BN2O2/c1-8-4-3-5-11-10(6-8)7-13-14(9(2)15)12(11)16/h3-5,7,16H,6H2,1-2H3. The van der Waals surface area contributed by atoms with E-state index in [1.165, 1.54) is 12.5 Å². The van der Waals surface area contributed by atoms with E-state index in [2.05, 4.69) is 5.10 Å². The van der Waals surface area contributed by atoms with Crippen molar-refractivity contribution >= 4 is 19.2 Å². The molecule has 16 heavy (non-hydrogen) atoms. The second-order valence-electron chi connectivity index (χ2n) is 4.01. The monoisotopic (exact) mass is 216 g/mol. The summed E-state index contributed by atoms with van der Waals surface area (Å²) in [5, 5.41) is 14.0. The fourth-order valence-corrected chi connectivity index (χ4v) is 1.84. The molecule has 4 nitrogen and oxygen atoms in total. The molecule has 0 spiro atoms. The third kappa shape index (κ3) is 1.86. The average Bonchev–Trinajstić information content (AvgIpc) is 2.39. The molecule has 0 aromatic heterocycles. The lowest BCUT2D eigenvalue weighted by molar-refractivity contribution is -0.125. The highest BCUT2D eigenvalue weighted by atomic mass is 16.2. The van der Waals surface area contributed by atoms with E-state index in [0.29, 0.717) is 0 Å². The summed E-state index contributed by atoms with van der Waals surface area (Å²) in [6.45, 7) is 3.41. The van der Waals surface area contributed by atoms with Crippen LogP contribution in [0.15, 0.2) is 39.9 Å². The van der Waals surface area contributed by atoms with Gasteiger partial charge in [-0.25, -0.2) is 4.92 Å². The molecule has 82 valence electrons. The van der Waals surface area contributed by atoms with E-state index in [4.69, 9.17) is 0 Å². The molecule has 0 atom stereocenters. The summed E-state index contributed by atoms with van der Waals surface area (Å²) < 4.78 is 0. The van der Waals surface area contributed by atoms with Crippen LogP contribution in [0.4, 0.5) is 0 Å². The van der Waals surface area contributed by atoms with Gasteiger partial charge in [-0.05, 0) is 24.4 Å². The van der Waals surface area contributed by atoms with Crippen molar-refractivity contribution in [3.63, 3.8) is 0 Å². The van der Waals surface area contributed by atoms with Crippen molar-refractivity contribution in [3.05, 3.63) is 34.8 Å². The number of rotatable bonds is 0. The molecule has 1 aliphatic heterocycles. The zero-order valence-electron chi connectivity index (χ0n) is 9.34. The molecule has 0 saturated heterocycles. The lowest BCUT2D eigenvalue weighted by Gasteiger charge is -2.24. The van der Waals surface area contributed by atoms with Crippen molar-refractivity contribution in [2.75, 3.05) is 0 Å². The number of amides is 1. The van der Waals surface area contributed by atoms with Crippen LogP contribution in [0.5, 0.6) is 0 Å². The Morgan fingerprint density at radius 2 is 2.38 bits per heavy atom. The zero-order chi connectivity index (χ0) is 11.7. The van der Waals surface area contributed by atoms with Gasteiger partial charge in [-0.15, -0.1) is 0 Å². The number of hydrogen-bond acceptors (Lipinski definition) is 3. The molecule has 2 aliphatic rings. The zero-order valence-corrected chi connectivity index (χ0v) is 9.34. The first-order valence-corrected chi connectivity index (χ1v) is 5.18. The first kappa shape index (κ1) is 10.9. The van der Waals surface area contributed by atoms with Crippen molar-refractivity contribution in [2.24, 2.45) is 5.10 Å². The minimum absolute atomic E-state index is 0.266. The van der Waals surface area contributed by atoms with Crippen molar-refractivity contribution < 1.29 is 9.82 Å². The second-order valence-corrected chi connectivity index (χ2v) is 4.01. The maximum atomic E-state index is 11.2. The molecule has 1 N–H and O–H groups in total. The van der Waals surface area contributed by atoms with Crippen LogP contribution in [0.1, 0.15) is 20.3 Å². The van der Waals surface area contributed by atoms with E-state index >= 15 is 0 Å². The molecule has 1 aliphatic carbocycles. The highest BCUT2D eigenvalue weighted by molar-refractivity contribution is 6.61. The molecule has 0 aromatic rings. The molecule has 5 heteroatoms. The molecule has 0 aromatic carbocycles. The van der Waals surface area contributed by atoms with Gasteiger partial charge in [0.1, 0.15) is 0 Å². The molecule has 0 radical (unpaired) electrons.